The van der Waals surface area contributed by atoms with Crippen LogP contribution in [0.3, 0.4) is 0 Å². The van der Waals surface area contributed by atoms with Gasteiger partial charge in [-0.25, -0.2) is 0 Å². The molecule has 3 saturated carbocycles. The molecule has 126 valence electrons. The number of hydrogen-bond acceptors (Lipinski definition) is 2. The second kappa shape index (κ2) is 4.84. The second-order valence-corrected chi connectivity index (χ2v) is 8.73. The lowest BCUT2D eigenvalue weighted by Crippen LogP contribution is -2.59. The fourth-order valence-corrected chi connectivity index (χ4v) is 6.74. The Morgan fingerprint density at radius 1 is 1.17 bits per heavy atom. The molecule has 4 nitrogen and oxygen atoms in total. The Kier molecular flexibility index (Phi) is 3.20. The normalized spacial score (nSPS) is 51.4. The molecule has 4 aliphatic rings. The van der Waals surface area contributed by atoms with E-state index < -0.39 is 5.97 Å². The number of carboxylic acid groups (broad SMARTS) is 1. The summed E-state index contributed by atoms with van der Waals surface area (Å²) in [5.41, 5.74) is 0.0112. The molecule has 4 rings (SSSR count). The van der Waals surface area contributed by atoms with Crippen LogP contribution in [0.1, 0.15) is 52.4 Å². The van der Waals surface area contributed by atoms with Gasteiger partial charge in [-0.1, -0.05) is 19.9 Å². The number of carbonyl (C=O) groups excluding carboxylic acids is 1. The fourth-order valence-electron chi connectivity index (χ4n) is 6.74. The molecule has 3 fully saturated rings. The van der Waals surface area contributed by atoms with Crippen molar-refractivity contribution in [3.63, 3.8) is 0 Å². The lowest BCUT2D eigenvalue weighted by Gasteiger charge is -2.58. The Labute approximate surface area is 137 Å². The van der Waals surface area contributed by atoms with Crippen LogP contribution in [-0.4, -0.2) is 23.0 Å². The monoisotopic (exact) mass is 317 g/mol. The molecule has 2 unspecified atom stereocenters. The smallest absolute Gasteiger partial charge is 0.307 e. The first-order valence-electron chi connectivity index (χ1n) is 9.09. The van der Waals surface area contributed by atoms with Gasteiger partial charge in [0.15, 0.2) is 0 Å². The molecular weight excluding hydrogens is 290 g/mol. The second-order valence-electron chi connectivity index (χ2n) is 8.73. The maximum absolute atomic E-state index is 11.7. The number of rotatable bonds is 1. The zero-order valence-corrected chi connectivity index (χ0v) is 14.0. The predicted octanol–water partition coefficient (Wildman–Crippen LogP) is 2.98. The van der Waals surface area contributed by atoms with Crippen LogP contribution in [0.5, 0.6) is 0 Å². The fraction of sp³-hybridized carbons (Fsp3) is 0.789. The lowest BCUT2D eigenvalue weighted by atomic mass is 9.48. The molecular formula is C19H27NO3. The first kappa shape index (κ1) is 15.2. The van der Waals surface area contributed by atoms with Crippen molar-refractivity contribution in [2.75, 3.05) is 0 Å². The minimum Gasteiger partial charge on any atom is -0.481 e. The van der Waals surface area contributed by atoms with E-state index in [0.29, 0.717) is 17.8 Å². The quantitative estimate of drug-likeness (QED) is 0.781. The van der Waals surface area contributed by atoms with Crippen molar-refractivity contribution in [2.24, 2.45) is 34.5 Å². The Morgan fingerprint density at radius 2 is 1.96 bits per heavy atom. The van der Waals surface area contributed by atoms with Crippen LogP contribution in [0, 0.1) is 34.5 Å². The Morgan fingerprint density at radius 3 is 2.70 bits per heavy atom. The van der Waals surface area contributed by atoms with E-state index in [1.807, 2.05) is 0 Å². The van der Waals surface area contributed by atoms with Crippen molar-refractivity contribution in [2.45, 2.75) is 58.4 Å². The zero-order chi connectivity index (χ0) is 16.4. The van der Waals surface area contributed by atoms with Crippen LogP contribution in [0.4, 0.5) is 0 Å². The van der Waals surface area contributed by atoms with Crippen LogP contribution in [-0.2, 0) is 9.59 Å². The average molecular weight is 317 g/mol. The topological polar surface area (TPSA) is 66.4 Å². The van der Waals surface area contributed by atoms with E-state index in [4.69, 9.17) is 0 Å². The van der Waals surface area contributed by atoms with Crippen molar-refractivity contribution in [3.8, 4) is 0 Å². The third-order valence-corrected chi connectivity index (χ3v) is 7.98. The van der Waals surface area contributed by atoms with Gasteiger partial charge in [0.05, 0.1) is 5.92 Å². The molecule has 0 spiro atoms. The van der Waals surface area contributed by atoms with Gasteiger partial charge in [-0.05, 0) is 67.8 Å². The third-order valence-electron chi connectivity index (χ3n) is 7.98. The molecule has 0 radical (unpaired) electrons. The summed E-state index contributed by atoms with van der Waals surface area (Å²) in [4.78, 5) is 23.4. The number of fused-ring (bicyclic) bond motifs is 5. The predicted molar refractivity (Wildman–Crippen MR) is 86.6 cm³/mol. The molecule has 7 atom stereocenters. The molecule has 0 aromatic heterocycles. The minimum absolute atomic E-state index is 0.0299. The highest BCUT2D eigenvalue weighted by atomic mass is 16.4. The lowest BCUT2D eigenvalue weighted by molar-refractivity contribution is -0.150. The van der Waals surface area contributed by atoms with Crippen molar-refractivity contribution in [1.29, 1.82) is 0 Å². The summed E-state index contributed by atoms with van der Waals surface area (Å²) in [5.74, 6) is 0.992. The Balaban J connectivity index is 1.66. The van der Waals surface area contributed by atoms with Crippen molar-refractivity contribution >= 4 is 11.9 Å². The third kappa shape index (κ3) is 1.96. The standard InChI is InChI=1S/C19H27NO3/c1-18-9-7-13-11(12(18)4-5-14(18)17(22)23)3-6-15-19(13,2)10-8-16(21)20-15/h8,10-15H,3-7,9H2,1-2H3,(H,20,21)(H,22,23)/t11-,12?,13?,14+,15+,18-,19+/m0/s1. The van der Waals surface area contributed by atoms with Crippen LogP contribution in [0.25, 0.3) is 0 Å². The van der Waals surface area contributed by atoms with Crippen molar-refractivity contribution in [1.82, 2.24) is 5.32 Å². The summed E-state index contributed by atoms with van der Waals surface area (Å²) < 4.78 is 0. The molecule has 0 aromatic carbocycles. The molecule has 4 heteroatoms. The summed E-state index contributed by atoms with van der Waals surface area (Å²) in [6.45, 7) is 4.53. The van der Waals surface area contributed by atoms with E-state index >= 15 is 0 Å². The highest BCUT2D eigenvalue weighted by molar-refractivity contribution is 5.89. The van der Waals surface area contributed by atoms with Crippen molar-refractivity contribution in [3.05, 3.63) is 12.2 Å². The maximum atomic E-state index is 11.7. The van der Waals surface area contributed by atoms with E-state index in [9.17, 15) is 14.7 Å². The molecule has 3 aliphatic carbocycles. The van der Waals surface area contributed by atoms with E-state index in [1.54, 1.807) is 6.08 Å². The number of amides is 1. The van der Waals surface area contributed by atoms with Gasteiger partial charge in [0, 0.05) is 11.5 Å². The Hall–Kier alpha value is -1.32. The first-order valence-corrected chi connectivity index (χ1v) is 9.09. The number of aliphatic carboxylic acids is 1. The molecule has 1 amide bonds. The summed E-state index contributed by atoms with van der Waals surface area (Å²) in [7, 11) is 0. The van der Waals surface area contributed by atoms with Gasteiger partial charge in [0.25, 0.3) is 0 Å². The van der Waals surface area contributed by atoms with Crippen LogP contribution >= 0.6 is 0 Å². The number of carbonyl (C=O) groups is 2. The van der Waals surface area contributed by atoms with Crippen LogP contribution in [0.15, 0.2) is 12.2 Å². The summed E-state index contributed by atoms with van der Waals surface area (Å²) in [5, 5.41) is 12.8. The molecule has 2 N–H and O–H groups in total. The maximum Gasteiger partial charge on any atom is 0.307 e. The van der Waals surface area contributed by atoms with Crippen molar-refractivity contribution < 1.29 is 14.7 Å². The average Bonchev–Trinajstić information content (AvgIpc) is 2.85. The van der Waals surface area contributed by atoms with E-state index in [0.717, 1.165) is 38.5 Å². The number of carboxylic acids is 1. The van der Waals surface area contributed by atoms with E-state index in [-0.39, 0.29) is 28.7 Å². The molecule has 0 bridgehead atoms. The summed E-state index contributed by atoms with van der Waals surface area (Å²) >= 11 is 0. The van der Waals surface area contributed by atoms with Gasteiger partial charge in [-0.3, -0.25) is 9.59 Å². The Bertz CT molecular complexity index is 585. The number of hydrogen-bond donors (Lipinski definition) is 2. The van der Waals surface area contributed by atoms with Gasteiger partial charge in [0.1, 0.15) is 0 Å². The largest absolute Gasteiger partial charge is 0.481 e. The molecule has 1 aliphatic heterocycles. The highest BCUT2D eigenvalue weighted by Gasteiger charge is 2.60. The van der Waals surface area contributed by atoms with Gasteiger partial charge in [0.2, 0.25) is 5.91 Å². The van der Waals surface area contributed by atoms with Crippen LogP contribution in [0.2, 0.25) is 0 Å². The van der Waals surface area contributed by atoms with Crippen LogP contribution < -0.4 is 5.32 Å². The van der Waals surface area contributed by atoms with E-state index in [1.165, 1.54) is 0 Å². The molecule has 23 heavy (non-hydrogen) atoms. The minimum atomic E-state index is -0.599. The number of nitrogens with one attached hydrogen (secondary N) is 1. The highest BCUT2D eigenvalue weighted by Crippen LogP contribution is 2.64. The SMILES string of the molecule is C[C@]12CCC3[C@@H](CC[C@H]4NC(=O)C=C[C@]34C)C1CC[C@@H]2C(=O)O. The van der Waals surface area contributed by atoms with E-state index in [2.05, 4.69) is 25.2 Å². The summed E-state index contributed by atoms with van der Waals surface area (Å²) in [6.07, 6.45) is 10.0. The molecule has 0 saturated heterocycles. The zero-order valence-electron chi connectivity index (χ0n) is 14.0. The van der Waals surface area contributed by atoms with Gasteiger partial charge >= 0.3 is 5.97 Å². The molecule has 1 heterocycles. The molecule has 0 aromatic rings. The van der Waals surface area contributed by atoms with Gasteiger partial charge in [-0.2, -0.15) is 0 Å². The van der Waals surface area contributed by atoms with Gasteiger partial charge < -0.3 is 10.4 Å². The first-order chi connectivity index (χ1) is 10.9. The summed E-state index contributed by atoms with van der Waals surface area (Å²) in [6, 6.07) is 0.252. The van der Waals surface area contributed by atoms with Gasteiger partial charge in [-0.15, -0.1) is 0 Å².